The summed E-state index contributed by atoms with van der Waals surface area (Å²) in [6.07, 6.45) is 4.36. The zero-order valence-corrected chi connectivity index (χ0v) is 14.6. The molecule has 6 nitrogen and oxygen atoms in total. The quantitative estimate of drug-likeness (QED) is 0.775. The Morgan fingerprint density at radius 2 is 1.92 bits per heavy atom. The Morgan fingerprint density at radius 3 is 2.60 bits per heavy atom. The van der Waals surface area contributed by atoms with Crippen molar-refractivity contribution in [2.75, 3.05) is 13.2 Å². The lowest BCUT2D eigenvalue weighted by molar-refractivity contribution is -0.134. The normalized spacial score (nSPS) is 25.8. The third-order valence-corrected chi connectivity index (χ3v) is 5.30. The highest BCUT2D eigenvalue weighted by Crippen LogP contribution is 2.36. The van der Waals surface area contributed by atoms with Crippen molar-refractivity contribution in [3.8, 4) is 5.75 Å². The van der Waals surface area contributed by atoms with Crippen LogP contribution in [0.3, 0.4) is 0 Å². The maximum Gasteiger partial charge on any atom is 0.325 e. The van der Waals surface area contributed by atoms with Crippen molar-refractivity contribution < 1.29 is 19.4 Å². The molecule has 0 radical (unpaired) electrons. The first-order chi connectivity index (χ1) is 12.0. The second-order valence-corrected chi connectivity index (χ2v) is 7.16. The second-order valence-electron chi connectivity index (χ2n) is 7.16. The first-order valence-electron chi connectivity index (χ1n) is 9.01. The van der Waals surface area contributed by atoms with Crippen LogP contribution in [0.15, 0.2) is 30.3 Å². The molecule has 2 fully saturated rings. The number of amides is 3. The highest BCUT2D eigenvalue weighted by atomic mass is 16.5. The molecule has 1 saturated carbocycles. The monoisotopic (exact) mass is 346 g/mol. The number of aliphatic hydroxyl groups excluding tert-OH is 1. The van der Waals surface area contributed by atoms with Crippen molar-refractivity contribution in [2.24, 2.45) is 5.92 Å². The van der Waals surface area contributed by atoms with E-state index in [1.807, 2.05) is 25.1 Å². The number of rotatable bonds is 6. The molecule has 0 bridgehead atoms. The minimum Gasteiger partial charge on any atom is -0.491 e. The number of imide groups is 1. The molecule has 1 saturated heterocycles. The van der Waals surface area contributed by atoms with Crippen LogP contribution in [0.2, 0.25) is 0 Å². The van der Waals surface area contributed by atoms with Gasteiger partial charge < -0.3 is 15.2 Å². The second kappa shape index (κ2) is 7.44. The zero-order chi connectivity index (χ0) is 17.9. The van der Waals surface area contributed by atoms with Gasteiger partial charge in [0, 0.05) is 0 Å². The van der Waals surface area contributed by atoms with Gasteiger partial charge in [0.1, 0.15) is 24.0 Å². The van der Waals surface area contributed by atoms with Gasteiger partial charge in [0.2, 0.25) is 0 Å². The van der Waals surface area contributed by atoms with E-state index in [1.54, 1.807) is 12.1 Å². The summed E-state index contributed by atoms with van der Waals surface area (Å²) in [4.78, 5) is 26.3. The van der Waals surface area contributed by atoms with Crippen LogP contribution in [0.1, 0.15) is 39.0 Å². The fraction of sp³-hybridized carbons (Fsp3) is 0.579. The minimum absolute atomic E-state index is 0.0290. The number of urea groups is 1. The molecule has 25 heavy (non-hydrogen) atoms. The molecule has 0 spiro atoms. The Balaban J connectivity index is 1.58. The zero-order valence-electron chi connectivity index (χ0n) is 14.6. The molecule has 136 valence electrons. The fourth-order valence-corrected chi connectivity index (χ4v) is 3.81. The number of benzene rings is 1. The van der Waals surface area contributed by atoms with Gasteiger partial charge in [-0.3, -0.25) is 9.69 Å². The summed E-state index contributed by atoms with van der Waals surface area (Å²) in [5.74, 6) is 0.578. The van der Waals surface area contributed by atoms with E-state index in [9.17, 15) is 14.7 Å². The number of carbonyl (C=O) groups is 2. The van der Waals surface area contributed by atoms with E-state index < -0.39 is 17.7 Å². The molecule has 1 heterocycles. The molecule has 1 aromatic carbocycles. The number of nitrogens with zero attached hydrogens (tertiary/aromatic N) is 1. The molecule has 2 atom stereocenters. The van der Waals surface area contributed by atoms with Crippen LogP contribution in [0, 0.1) is 5.92 Å². The predicted molar refractivity (Wildman–Crippen MR) is 93.2 cm³/mol. The summed E-state index contributed by atoms with van der Waals surface area (Å²) < 4.78 is 5.50. The molecular formula is C19H26N2O4. The lowest BCUT2D eigenvalue weighted by atomic mass is 9.75. The average Bonchev–Trinajstić information content (AvgIpc) is 2.86. The number of aliphatic hydroxyl groups is 1. The average molecular weight is 346 g/mol. The maximum absolute atomic E-state index is 12.8. The standard InChI is InChI=1S/C19H26N2O4/c1-19(14-8-4-2-5-9-14)17(23)21(18(24)20-19)12-15(22)13-25-16-10-6-3-7-11-16/h3,6-7,10-11,14-15,22H,2,4-5,8-9,12-13H2,1H3,(H,20,24). The van der Waals surface area contributed by atoms with Crippen molar-refractivity contribution >= 4 is 11.9 Å². The van der Waals surface area contributed by atoms with E-state index in [-0.39, 0.29) is 25.0 Å². The van der Waals surface area contributed by atoms with Crippen molar-refractivity contribution in [1.82, 2.24) is 10.2 Å². The van der Waals surface area contributed by atoms with E-state index in [4.69, 9.17) is 4.74 Å². The van der Waals surface area contributed by atoms with Gasteiger partial charge in [-0.05, 0) is 37.8 Å². The third kappa shape index (κ3) is 3.79. The van der Waals surface area contributed by atoms with Crippen LogP contribution >= 0.6 is 0 Å². The van der Waals surface area contributed by atoms with Gasteiger partial charge >= 0.3 is 6.03 Å². The molecule has 2 N–H and O–H groups in total. The van der Waals surface area contributed by atoms with Crippen LogP contribution in [0.5, 0.6) is 5.75 Å². The Hall–Kier alpha value is -2.08. The maximum atomic E-state index is 12.8. The van der Waals surface area contributed by atoms with Crippen molar-refractivity contribution in [3.63, 3.8) is 0 Å². The Labute approximate surface area is 148 Å². The lowest BCUT2D eigenvalue weighted by Gasteiger charge is -2.34. The molecule has 2 unspecified atom stereocenters. The number of nitrogens with one attached hydrogen (secondary N) is 1. The van der Waals surface area contributed by atoms with Gasteiger partial charge in [-0.25, -0.2) is 4.79 Å². The smallest absolute Gasteiger partial charge is 0.325 e. The number of hydrogen-bond donors (Lipinski definition) is 2. The number of β-amino-alcohol motifs (C(OH)–C–C–N with tert-alkyl or cyclic N) is 1. The SMILES string of the molecule is CC1(C2CCCCC2)NC(=O)N(CC(O)COc2ccccc2)C1=O. The van der Waals surface area contributed by atoms with Crippen LogP contribution in [-0.2, 0) is 4.79 Å². The molecule has 2 aliphatic rings. The van der Waals surface area contributed by atoms with E-state index in [1.165, 1.54) is 6.42 Å². The molecule has 1 aliphatic carbocycles. The molecule has 3 amide bonds. The molecule has 6 heteroatoms. The Bertz CT molecular complexity index is 615. The van der Waals surface area contributed by atoms with Gasteiger partial charge in [0.15, 0.2) is 0 Å². The van der Waals surface area contributed by atoms with Crippen LogP contribution in [-0.4, -0.2) is 46.7 Å². The van der Waals surface area contributed by atoms with Crippen LogP contribution in [0.25, 0.3) is 0 Å². The topological polar surface area (TPSA) is 78.9 Å². The molecule has 0 aromatic heterocycles. The van der Waals surface area contributed by atoms with Crippen molar-refractivity contribution in [2.45, 2.75) is 50.7 Å². The summed E-state index contributed by atoms with van der Waals surface area (Å²) in [6, 6.07) is 8.73. The molecule has 1 aliphatic heterocycles. The van der Waals surface area contributed by atoms with Gasteiger partial charge in [-0.15, -0.1) is 0 Å². The summed E-state index contributed by atoms with van der Waals surface area (Å²) in [5.41, 5.74) is -0.850. The van der Waals surface area contributed by atoms with E-state index in [2.05, 4.69) is 5.32 Å². The van der Waals surface area contributed by atoms with Gasteiger partial charge in [0.25, 0.3) is 5.91 Å². The third-order valence-electron chi connectivity index (χ3n) is 5.30. The van der Waals surface area contributed by atoms with Crippen LogP contribution in [0.4, 0.5) is 4.79 Å². The molecule has 3 rings (SSSR count). The summed E-state index contributed by atoms with van der Waals surface area (Å²) in [7, 11) is 0. The highest BCUT2D eigenvalue weighted by Gasteiger charge is 2.52. The predicted octanol–water partition coefficient (Wildman–Crippen LogP) is 2.32. The van der Waals surface area contributed by atoms with E-state index in [0.717, 1.165) is 30.6 Å². The Kier molecular flexibility index (Phi) is 5.27. The van der Waals surface area contributed by atoms with Gasteiger partial charge in [-0.2, -0.15) is 0 Å². The van der Waals surface area contributed by atoms with Crippen molar-refractivity contribution in [1.29, 1.82) is 0 Å². The largest absolute Gasteiger partial charge is 0.491 e. The van der Waals surface area contributed by atoms with Crippen molar-refractivity contribution in [3.05, 3.63) is 30.3 Å². The number of carbonyl (C=O) groups excluding carboxylic acids is 2. The van der Waals surface area contributed by atoms with Gasteiger partial charge in [-0.1, -0.05) is 37.5 Å². The summed E-state index contributed by atoms with van der Waals surface area (Å²) in [5, 5.41) is 13.1. The summed E-state index contributed by atoms with van der Waals surface area (Å²) in [6.45, 7) is 1.79. The van der Waals surface area contributed by atoms with E-state index >= 15 is 0 Å². The Morgan fingerprint density at radius 1 is 1.24 bits per heavy atom. The van der Waals surface area contributed by atoms with E-state index in [0.29, 0.717) is 5.75 Å². The number of ether oxygens (including phenoxy) is 1. The van der Waals surface area contributed by atoms with Crippen LogP contribution < -0.4 is 10.1 Å². The van der Waals surface area contributed by atoms with Gasteiger partial charge in [0.05, 0.1) is 6.54 Å². The minimum atomic E-state index is -0.927. The first-order valence-corrected chi connectivity index (χ1v) is 9.01. The first kappa shape index (κ1) is 17.7. The lowest BCUT2D eigenvalue weighted by Crippen LogP contribution is -2.51. The molecule has 1 aromatic rings. The fourth-order valence-electron chi connectivity index (χ4n) is 3.81. The number of hydrogen-bond acceptors (Lipinski definition) is 4. The molecular weight excluding hydrogens is 320 g/mol. The number of para-hydroxylation sites is 1. The summed E-state index contributed by atoms with van der Waals surface area (Å²) >= 11 is 0. The highest BCUT2D eigenvalue weighted by molar-refractivity contribution is 6.07.